The molecule has 0 spiro atoms. The van der Waals surface area contributed by atoms with E-state index in [1.54, 1.807) is 0 Å². The first-order valence-corrected chi connectivity index (χ1v) is 7.23. The first-order chi connectivity index (χ1) is 9.99. The molecule has 1 aliphatic rings. The Kier molecular flexibility index (Phi) is 5.05. The number of nitriles is 1. The largest absolute Gasteiger partial charge is 0.389 e. The molecule has 0 aliphatic heterocycles. The Morgan fingerprint density at radius 1 is 1.24 bits per heavy atom. The standard InChI is InChI=1S/C15H18F3N3/c16-15(17,18)7-3-4-8-20-14-12(10-19)9-11-5-1-2-6-13(11)21-14/h9H,1-8H2,(H,20,21). The van der Waals surface area contributed by atoms with E-state index in [0.29, 0.717) is 24.3 Å². The Bertz CT molecular complexity index is 532. The summed E-state index contributed by atoms with van der Waals surface area (Å²) in [5.74, 6) is 0.505. The van der Waals surface area contributed by atoms with Gasteiger partial charge in [-0.3, -0.25) is 0 Å². The molecule has 0 bridgehead atoms. The average Bonchev–Trinajstić information content (AvgIpc) is 2.44. The number of fused-ring (bicyclic) bond motifs is 1. The number of rotatable bonds is 5. The highest BCUT2D eigenvalue weighted by Crippen LogP contribution is 2.25. The summed E-state index contributed by atoms with van der Waals surface area (Å²) in [5, 5.41) is 12.2. The van der Waals surface area contributed by atoms with Crippen LogP contribution in [0.25, 0.3) is 0 Å². The van der Waals surface area contributed by atoms with Crippen molar-refractivity contribution in [1.29, 1.82) is 5.26 Å². The van der Waals surface area contributed by atoms with Crippen molar-refractivity contribution in [3.8, 4) is 6.07 Å². The minimum atomic E-state index is -4.10. The number of alkyl halides is 3. The van der Waals surface area contributed by atoms with Crippen molar-refractivity contribution in [2.45, 2.75) is 51.1 Å². The van der Waals surface area contributed by atoms with Gasteiger partial charge in [-0.1, -0.05) is 0 Å². The van der Waals surface area contributed by atoms with Crippen molar-refractivity contribution >= 4 is 5.82 Å². The second-order valence-electron chi connectivity index (χ2n) is 5.31. The molecular weight excluding hydrogens is 279 g/mol. The maximum atomic E-state index is 12.0. The Morgan fingerprint density at radius 2 is 2.00 bits per heavy atom. The van der Waals surface area contributed by atoms with Crippen LogP contribution < -0.4 is 5.32 Å². The summed E-state index contributed by atoms with van der Waals surface area (Å²) in [4.78, 5) is 4.47. The number of hydrogen-bond acceptors (Lipinski definition) is 3. The summed E-state index contributed by atoms with van der Waals surface area (Å²) in [6.07, 6.45) is -0.306. The van der Waals surface area contributed by atoms with E-state index < -0.39 is 12.6 Å². The third-order valence-corrected chi connectivity index (χ3v) is 3.60. The van der Waals surface area contributed by atoms with Crippen LogP contribution in [0.2, 0.25) is 0 Å². The Morgan fingerprint density at radius 3 is 2.71 bits per heavy atom. The van der Waals surface area contributed by atoms with Gasteiger partial charge in [0.1, 0.15) is 11.9 Å². The predicted molar refractivity (Wildman–Crippen MR) is 74.0 cm³/mol. The number of halogens is 3. The van der Waals surface area contributed by atoms with Crippen molar-refractivity contribution in [3.05, 3.63) is 22.9 Å². The summed E-state index contributed by atoms with van der Waals surface area (Å²) < 4.78 is 36.1. The fourth-order valence-electron chi connectivity index (χ4n) is 2.51. The van der Waals surface area contributed by atoms with Crippen molar-refractivity contribution in [3.63, 3.8) is 0 Å². The molecule has 0 amide bonds. The molecular formula is C15H18F3N3. The van der Waals surface area contributed by atoms with E-state index in [2.05, 4.69) is 16.4 Å². The topological polar surface area (TPSA) is 48.7 Å². The van der Waals surface area contributed by atoms with Crippen molar-refractivity contribution in [2.24, 2.45) is 0 Å². The minimum Gasteiger partial charge on any atom is -0.369 e. The summed E-state index contributed by atoms with van der Waals surface area (Å²) in [6.45, 7) is 0.399. The molecule has 1 aromatic rings. The second kappa shape index (κ2) is 6.79. The lowest BCUT2D eigenvalue weighted by atomic mass is 9.95. The molecule has 0 aromatic carbocycles. The number of aromatic nitrogens is 1. The summed E-state index contributed by atoms with van der Waals surface area (Å²) in [5.41, 5.74) is 2.62. The highest BCUT2D eigenvalue weighted by atomic mass is 19.4. The fraction of sp³-hybridized carbons (Fsp3) is 0.600. The zero-order valence-corrected chi connectivity index (χ0v) is 11.8. The van der Waals surface area contributed by atoms with E-state index in [1.807, 2.05) is 6.07 Å². The summed E-state index contributed by atoms with van der Waals surface area (Å²) in [6, 6.07) is 3.97. The molecule has 0 saturated heterocycles. The molecule has 0 unspecified atom stereocenters. The molecule has 114 valence electrons. The third-order valence-electron chi connectivity index (χ3n) is 3.60. The van der Waals surface area contributed by atoms with E-state index >= 15 is 0 Å². The van der Waals surface area contributed by atoms with Crippen LogP contribution in [0.3, 0.4) is 0 Å². The molecule has 6 heteroatoms. The number of nitrogens with one attached hydrogen (secondary N) is 1. The fourth-order valence-corrected chi connectivity index (χ4v) is 2.51. The molecule has 0 radical (unpaired) electrons. The molecule has 1 aliphatic carbocycles. The van der Waals surface area contributed by atoms with E-state index in [-0.39, 0.29) is 6.42 Å². The molecule has 21 heavy (non-hydrogen) atoms. The monoisotopic (exact) mass is 297 g/mol. The lowest BCUT2D eigenvalue weighted by Gasteiger charge is -2.17. The maximum Gasteiger partial charge on any atom is 0.389 e. The number of pyridine rings is 1. The first-order valence-electron chi connectivity index (χ1n) is 7.23. The molecule has 1 heterocycles. The van der Waals surface area contributed by atoms with E-state index in [0.717, 1.165) is 36.9 Å². The van der Waals surface area contributed by atoms with Crippen LogP contribution in [0.4, 0.5) is 19.0 Å². The molecule has 2 rings (SSSR count). The molecule has 1 N–H and O–H groups in total. The van der Waals surface area contributed by atoms with E-state index in [4.69, 9.17) is 5.26 Å². The van der Waals surface area contributed by atoms with Gasteiger partial charge in [-0.25, -0.2) is 4.98 Å². The zero-order chi connectivity index (χ0) is 15.3. The van der Waals surface area contributed by atoms with Crippen LogP contribution >= 0.6 is 0 Å². The minimum absolute atomic E-state index is 0.0866. The van der Waals surface area contributed by atoms with Crippen LogP contribution in [0.1, 0.15) is 48.9 Å². The SMILES string of the molecule is N#Cc1cc2c(nc1NCCCCC(F)(F)F)CCCC2. The zero-order valence-electron chi connectivity index (χ0n) is 11.8. The molecule has 0 fully saturated rings. The van der Waals surface area contributed by atoms with Gasteiger partial charge in [0.05, 0.1) is 5.56 Å². The van der Waals surface area contributed by atoms with Crippen molar-refractivity contribution in [1.82, 2.24) is 4.98 Å². The highest BCUT2D eigenvalue weighted by molar-refractivity contribution is 5.54. The van der Waals surface area contributed by atoms with E-state index in [9.17, 15) is 13.2 Å². The molecule has 0 saturated carbocycles. The van der Waals surface area contributed by atoms with Crippen LogP contribution in [0, 0.1) is 11.3 Å². The number of unbranched alkanes of at least 4 members (excludes halogenated alkanes) is 1. The van der Waals surface area contributed by atoms with Gasteiger partial charge in [0.15, 0.2) is 0 Å². The van der Waals surface area contributed by atoms with Crippen LogP contribution in [-0.2, 0) is 12.8 Å². The number of hydrogen-bond donors (Lipinski definition) is 1. The first kappa shape index (κ1) is 15.6. The van der Waals surface area contributed by atoms with Crippen LogP contribution in [-0.4, -0.2) is 17.7 Å². The molecule has 3 nitrogen and oxygen atoms in total. The van der Waals surface area contributed by atoms with Crippen LogP contribution in [0.5, 0.6) is 0 Å². The van der Waals surface area contributed by atoms with Gasteiger partial charge in [-0.15, -0.1) is 0 Å². The lowest BCUT2D eigenvalue weighted by Crippen LogP contribution is -2.12. The Hall–Kier alpha value is -1.77. The average molecular weight is 297 g/mol. The predicted octanol–water partition coefficient (Wildman–Crippen LogP) is 3.98. The number of aryl methyl sites for hydroxylation is 2. The Labute approximate surface area is 122 Å². The van der Waals surface area contributed by atoms with Gasteiger partial charge in [0.25, 0.3) is 0 Å². The molecule has 0 atom stereocenters. The normalized spacial score (nSPS) is 14.4. The lowest BCUT2D eigenvalue weighted by molar-refractivity contribution is -0.135. The number of anilines is 1. The van der Waals surface area contributed by atoms with Gasteiger partial charge in [-0.2, -0.15) is 18.4 Å². The van der Waals surface area contributed by atoms with Gasteiger partial charge in [0, 0.05) is 18.7 Å². The van der Waals surface area contributed by atoms with Crippen molar-refractivity contribution in [2.75, 3.05) is 11.9 Å². The van der Waals surface area contributed by atoms with Gasteiger partial charge < -0.3 is 5.32 Å². The van der Waals surface area contributed by atoms with Crippen LogP contribution in [0.15, 0.2) is 6.07 Å². The molecule has 1 aromatic heterocycles. The Balaban J connectivity index is 1.92. The second-order valence-corrected chi connectivity index (χ2v) is 5.31. The third kappa shape index (κ3) is 4.62. The quantitative estimate of drug-likeness (QED) is 0.836. The van der Waals surface area contributed by atoms with Crippen molar-refractivity contribution < 1.29 is 13.2 Å². The number of nitrogens with zero attached hydrogens (tertiary/aromatic N) is 2. The van der Waals surface area contributed by atoms with E-state index in [1.165, 1.54) is 0 Å². The maximum absolute atomic E-state index is 12.0. The highest BCUT2D eigenvalue weighted by Gasteiger charge is 2.25. The smallest absolute Gasteiger partial charge is 0.369 e. The summed E-state index contributed by atoms with van der Waals surface area (Å²) >= 11 is 0. The van der Waals surface area contributed by atoms with Gasteiger partial charge in [-0.05, 0) is 50.2 Å². The van der Waals surface area contributed by atoms with Gasteiger partial charge >= 0.3 is 6.18 Å². The van der Waals surface area contributed by atoms with Gasteiger partial charge in [0.2, 0.25) is 0 Å². The summed E-state index contributed by atoms with van der Waals surface area (Å²) in [7, 11) is 0.